The molecule has 116 valence electrons. The Morgan fingerprint density at radius 2 is 1.95 bits per heavy atom. The van der Waals surface area contributed by atoms with Crippen molar-refractivity contribution < 1.29 is 0 Å². The summed E-state index contributed by atoms with van der Waals surface area (Å²) in [5.74, 6) is 1.54. The van der Waals surface area contributed by atoms with Crippen LogP contribution in [0.2, 0.25) is 0 Å². The van der Waals surface area contributed by atoms with E-state index in [1.54, 1.807) is 0 Å². The van der Waals surface area contributed by atoms with E-state index in [0.29, 0.717) is 5.92 Å². The first-order valence-corrected chi connectivity index (χ1v) is 7.60. The molecule has 0 aliphatic heterocycles. The van der Waals surface area contributed by atoms with E-state index < -0.39 is 0 Å². The van der Waals surface area contributed by atoms with E-state index >= 15 is 0 Å². The summed E-state index contributed by atoms with van der Waals surface area (Å²) in [7, 11) is 4.25. The molecular weight excluding hydrogens is 260 g/mol. The smallest absolute Gasteiger partial charge is 0.112 e. The first kappa shape index (κ1) is 15.8. The number of hydrogen-bond acceptors (Lipinski definition) is 3. The number of imidazole rings is 1. The van der Waals surface area contributed by atoms with Crippen molar-refractivity contribution >= 4 is 16.7 Å². The Bertz CT molecular complexity index is 623. The van der Waals surface area contributed by atoms with Gasteiger partial charge in [-0.25, -0.2) is 4.98 Å². The van der Waals surface area contributed by atoms with Gasteiger partial charge in [0.2, 0.25) is 0 Å². The fourth-order valence-corrected chi connectivity index (χ4v) is 3.11. The van der Waals surface area contributed by atoms with Crippen molar-refractivity contribution in [2.75, 3.05) is 26.4 Å². The number of nitrogens with two attached hydrogens (primary N) is 1. The van der Waals surface area contributed by atoms with Crippen LogP contribution in [0.4, 0.5) is 5.69 Å². The third kappa shape index (κ3) is 3.56. The molecule has 0 atom stereocenters. The highest BCUT2D eigenvalue weighted by molar-refractivity contribution is 5.79. The van der Waals surface area contributed by atoms with Crippen LogP contribution in [0.25, 0.3) is 11.0 Å². The van der Waals surface area contributed by atoms with Crippen LogP contribution in [0.3, 0.4) is 0 Å². The molecule has 4 heteroatoms. The maximum Gasteiger partial charge on any atom is 0.112 e. The molecule has 0 bridgehead atoms. The van der Waals surface area contributed by atoms with E-state index in [9.17, 15) is 0 Å². The number of nitrogen functional groups attached to an aromatic ring is 1. The van der Waals surface area contributed by atoms with E-state index in [0.717, 1.165) is 30.1 Å². The summed E-state index contributed by atoms with van der Waals surface area (Å²) in [5.41, 5.74) is 9.03. The third-order valence-electron chi connectivity index (χ3n) is 3.65. The molecule has 0 amide bonds. The number of hydrogen-bond donors (Lipinski definition) is 1. The average Bonchev–Trinajstić information content (AvgIpc) is 2.64. The van der Waals surface area contributed by atoms with Gasteiger partial charge >= 0.3 is 0 Å². The number of rotatable bonds is 5. The highest BCUT2D eigenvalue weighted by Crippen LogP contribution is 2.28. The van der Waals surface area contributed by atoms with Crippen LogP contribution in [0.1, 0.15) is 39.4 Å². The molecule has 0 fully saturated rings. The lowest BCUT2D eigenvalue weighted by atomic mass is 9.92. The largest absolute Gasteiger partial charge is 0.399 e. The Balaban J connectivity index is 2.48. The van der Waals surface area contributed by atoms with Gasteiger partial charge in [0.05, 0.1) is 11.0 Å². The fraction of sp³-hybridized carbons (Fsp3) is 0.588. The Hall–Kier alpha value is -1.55. The molecular formula is C17H28N4. The molecule has 2 N–H and O–H groups in total. The quantitative estimate of drug-likeness (QED) is 0.858. The third-order valence-corrected chi connectivity index (χ3v) is 3.65. The molecule has 0 radical (unpaired) electrons. The average molecular weight is 288 g/mol. The highest BCUT2D eigenvalue weighted by atomic mass is 15.1. The lowest BCUT2D eigenvalue weighted by Crippen LogP contribution is -2.33. The number of anilines is 1. The highest BCUT2D eigenvalue weighted by Gasteiger charge is 2.23. The van der Waals surface area contributed by atoms with Crippen LogP contribution < -0.4 is 5.73 Å². The Kier molecular flexibility index (Phi) is 4.28. The van der Waals surface area contributed by atoms with Gasteiger partial charge in [0.15, 0.2) is 0 Å². The number of benzene rings is 1. The zero-order chi connectivity index (χ0) is 15.8. The van der Waals surface area contributed by atoms with E-state index in [-0.39, 0.29) is 5.41 Å². The summed E-state index contributed by atoms with van der Waals surface area (Å²) in [6, 6.07) is 6.02. The Labute approximate surface area is 128 Å². The lowest BCUT2D eigenvalue weighted by Gasteiger charge is -2.30. The van der Waals surface area contributed by atoms with Gasteiger partial charge in [-0.15, -0.1) is 0 Å². The molecule has 0 saturated heterocycles. The van der Waals surface area contributed by atoms with Crippen molar-refractivity contribution in [3.63, 3.8) is 0 Å². The summed E-state index contributed by atoms with van der Waals surface area (Å²) < 4.78 is 2.36. The normalized spacial score (nSPS) is 12.8. The second-order valence-electron chi connectivity index (χ2n) is 7.36. The lowest BCUT2D eigenvalue weighted by molar-refractivity contribution is 0.211. The van der Waals surface area contributed by atoms with E-state index in [2.05, 4.69) is 57.3 Å². The predicted molar refractivity (Wildman–Crippen MR) is 90.6 cm³/mol. The summed E-state index contributed by atoms with van der Waals surface area (Å²) in [4.78, 5) is 7.05. The van der Waals surface area contributed by atoms with Crippen molar-refractivity contribution in [2.24, 2.45) is 5.41 Å². The number of aromatic nitrogens is 2. The minimum atomic E-state index is 0.183. The van der Waals surface area contributed by atoms with Crippen molar-refractivity contribution in [1.29, 1.82) is 0 Å². The summed E-state index contributed by atoms with van der Waals surface area (Å²) in [6.07, 6.45) is 0. The van der Waals surface area contributed by atoms with Crippen LogP contribution in [0.15, 0.2) is 18.2 Å². The maximum absolute atomic E-state index is 5.90. The molecule has 0 aliphatic rings. The minimum absolute atomic E-state index is 0.183. The summed E-state index contributed by atoms with van der Waals surface area (Å²) in [5, 5.41) is 0. The van der Waals surface area contributed by atoms with Crippen LogP contribution in [0, 0.1) is 5.41 Å². The maximum atomic E-state index is 5.90. The number of fused-ring (bicyclic) bond motifs is 1. The molecule has 2 rings (SSSR count). The van der Waals surface area contributed by atoms with Gasteiger partial charge < -0.3 is 15.2 Å². The molecule has 0 spiro atoms. The molecule has 0 aliphatic carbocycles. The van der Waals surface area contributed by atoms with Crippen molar-refractivity contribution in [2.45, 2.75) is 40.2 Å². The molecule has 2 aromatic rings. The number of nitrogens with zero attached hydrogens (tertiary/aromatic N) is 3. The zero-order valence-corrected chi connectivity index (χ0v) is 14.1. The molecule has 1 aromatic heterocycles. The summed E-state index contributed by atoms with van der Waals surface area (Å²) >= 11 is 0. The van der Waals surface area contributed by atoms with Gasteiger partial charge in [0, 0.05) is 24.7 Å². The van der Waals surface area contributed by atoms with Gasteiger partial charge in [0.1, 0.15) is 5.82 Å². The zero-order valence-electron chi connectivity index (χ0n) is 14.1. The monoisotopic (exact) mass is 288 g/mol. The van der Waals surface area contributed by atoms with Crippen LogP contribution in [-0.4, -0.2) is 35.1 Å². The van der Waals surface area contributed by atoms with Gasteiger partial charge in [0.25, 0.3) is 0 Å². The van der Waals surface area contributed by atoms with E-state index in [4.69, 9.17) is 10.7 Å². The molecule has 1 aromatic carbocycles. The van der Waals surface area contributed by atoms with Gasteiger partial charge in [-0.05, 0) is 37.7 Å². The Morgan fingerprint density at radius 1 is 1.29 bits per heavy atom. The molecule has 0 saturated carbocycles. The molecule has 4 nitrogen and oxygen atoms in total. The minimum Gasteiger partial charge on any atom is -0.399 e. The van der Waals surface area contributed by atoms with Gasteiger partial charge in [-0.2, -0.15) is 0 Å². The summed E-state index contributed by atoms with van der Waals surface area (Å²) in [6.45, 7) is 11.0. The van der Waals surface area contributed by atoms with Gasteiger partial charge in [-0.1, -0.05) is 27.7 Å². The topological polar surface area (TPSA) is 47.1 Å². The predicted octanol–water partition coefficient (Wildman–Crippen LogP) is 3.33. The van der Waals surface area contributed by atoms with Crippen molar-refractivity contribution in [3.8, 4) is 0 Å². The van der Waals surface area contributed by atoms with E-state index in [1.807, 2.05) is 12.1 Å². The van der Waals surface area contributed by atoms with Crippen LogP contribution >= 0.6 is 0 Å². The second-order valence-corrected chi connectivity index (χ2v) is 7.36. The van der Waals surface area contributed by atoms with Crippen molar-refractivity contribution in [3.05, 3.63) is 24.0 Å². The molecule has 0 unspecified atom stereocenters. The van der Waals surface area contributed by atoms with Crippen molar-refractivity contribution in [1.82, 2.24) is 14.5 Å². The molecule has 21 heavy (non-hydrogen) atoms. The second kappa shape index (κ2) is 5.68. The van der Waals surface area contributed by atoms with Crippen LogP contribution in [0.5, 0.6) is 0 Å². The van der Waals surface area contributed by atoms with E-state index in [1.165, 1.54) is 5.52 Å². The first-order chi connectivity index (χ1) is 9.69. The van der Waals surface area contributed by atoms with Crippen LogP contribution in [-0.2, 0) is 6.54 Å². The fourth-order valence-electron chi connectivity index (χ4n) is 3.11. The standard InChI is InChI=1S/C17H28N4/c1-12(2)16-19-14-9-13(18)7-8-15(14)21(16)11-17(3,4)10-20(5)6/h7-9,12H,10-11,18H2,1-6H3. The SMILES string of the molecule is CC(C)c1nc2cc(N)ccc2n1CC(C)(C)CN(C)C. The molecule has 1 heterocycles. The van der Waals surface area contributed by atoms with Gasteiger partial charge in [-0.3, -0.25) is 0 Å². The Morgan fingerprint density at radius 3 is 2.52 bits per heavy atom. The first-order valence-electron chi connectivity index (χ1n) is 7.60.